The molecule has 0 aliphatic heterocycles. The highest BCUT2D eigenvalue weighted by atomic mass is 32.1. The Hall–Kier alpha value is -0.340. The normalized spacial score (nSPS) is 44.0. The van der Waals surface area contributed by atoms with Gasteiger partial charge in [0.1, 0.15) is 0 Å². The molecule has 1 aromatic rings. The fourth-order valence-corrected chi connectivity index (χ4v) is 7.42. The number of aryl methyl sites for hydroxylation is 2. The summed E-state index contributed by atoms with van der Waals surface area (Å²) < 4.78 is 0. The topological polar surface area (TPSA) is 26.0 Å². The lowest BCUT2D eigenvalue weighted by Gasteiger charge is -2.63. The highest BCUT2D eigenvalue weighted by Gasteiger charge is 2.58. The van der Waals surface area contributed by atoms with E-state index in [1.165, 1.54) is 53.8 Å². The molecule has 4 bridgehead atoms. The minimum Gasteiger partial charge on any atom is -0.323 e. The minimum atomic E-state index is 0.276. The van der Waals surface area contributed by atoms with E-state index < -0.39 is 0 Å². The fraction of sp³-hybridized carbons (Fsp3) is 0.778. The second-order valence-corrected chi connectivity index (χ2v) is 9.94. The molecule has 5 rings (SSSR count). The van der Waals surface area contributed by atoms with Crippen LogP contribution in [0.3, 0.4) is 0 Å². The zero-order chi connectivity index (χ0) is 14.1. The van der Waals surface area contributed by atoms with Crippen molar-refractivity contribution in [2.75, 3.05) is 0 Å². The minimum absolute atomic E-state index is 0.276. The first kappa shape index (κ1) is 13.3. The Balaban J connectivity index is 1.72. The van der Waals surface area contributed by atoms with E-state index in [1.807, 2.05) is 11.3 Å². The highest BCUT2D eigenvalue weighted by Crippen LogP contribution is 2.68. The molecule has 4 aliphatic carbocycles. The van der Waals surface area contributed by atoms with Crippen molar-refractivity contribution in [1.29, 1.82) is 0 Å². The van der Waals surface area contributed by atoms with Crippen LogP contribution in [0.4, 0.5) is 0 Å². The second kappa shape index (κ2) is 4.10. The quantitative estimate of drug-likeness (QED) is 0.817. The standard InChI is InChI=1S/C18H27NS/c1-11-4-15(12(2)20-11)16(19)18-8-13-5-14(9-18)7-17(3,6-13)10-18/h4,13-14,16H,5-10,19H2,1-3H3. The molecule has 0 radical (unpaired) electrons. The van der Waals surface area contributed by atoms with Gasteiger partial charge in [-0.15, -0.1) is 11.3 Å². The number of rotatable bonds is 2. The van der Waals surface area contributed by atoms with Crippen molar-refractivity contribution in [2.45, 2.75) is 65.3 Å². The van der Waals surface area contributed by atoms with Gasteiger partial charge in [-0.25, -0.2) is 0 Å². The summed E-state index contributed by atoms with van der Waals surface area (Å²) in [6.45, 7) is 7.02. The van der Waals surface area contributed by atoms with E-state index in [9.17, 15) is 0 Å². The van der Waals surface area contributed by atoms with Gasteiger partial charge in [-0.05, 0) is 86.7 Å². The predicted octanol–water partition coefficient (Wildman–Crippen LogP) is 4.97. The molecule has 20 heavy (non-hydrogen) atoms. The van der Waals surface area contributed by atoms with Gasteiger partial charge >= 0.3 is 0 Å². The van der Waals surface area contributed by atoms with Gasteiger partial charge < -0.3 is 5.73 Å². The van der Waals surface area contributed by atoms with E-state index >= 15 is 0 Å². The third-order valence-corrected chi connectivity index (χ3v) is 7.45. The SMILES string of the molecule is Cc1cc(C(N)C23CC4CC(CC(C)(C4)C2)C3)c(C)s1. The molecule has 2 heteroatoms. The van der Waals surface area contributed by atoms with Crippen LogP contribution in [0.15, 0.2) is 6.07 Å². The van der Waals surface area contributed by atoms with Crippen LogP contribution in [0.1, 0.15) is 66.8 Å². The Kier molecular flexibility index (Phi) is 2.74. The molecule has 2 N–H and O–H groups in total. The van der Waals surface area contributed by atoms with Gasteiger partial charge in [-0.2, -0.15) is 0 Å². The third kappa shape index (κ3) is 1.84. The average molecular weight is 289 g/mol. The van der Waals surface area contributed by atoms with Crippen LogP contribution >= 0.6 is 11.3 Å². The smallest absolute Gasteiger partial charge is 0.0363 e. The largest absolute Gasteiger partial charge is 0.323 e. The second-order valence-electron chi connectivity index (χ2n) is 8.48. The maximum Gasteiger partial charge on any atom is 0.0363 e. The first-order chi connectivity index (χ1) is 9.39. The lowest BCUT2D eigenvalue weighted by atomic mass is 9.43. The van der Waals surface area contributed by atoms with E-state index in [-0.39, 0.29) is 6.04 Å². The summed E-state index contributed by atoms with van der Waals surface area (Å²) in [5.74, 6) is 1.93. The van der Waals surface area contributed by atoms with Crippen LogP contribution in [0.25, 0.3) is 0 Å². The Morgan fingerprint density at radius 1 is 1.20 bits per heavy atom. The summed E-state index contributed by atoms with van der Waals surface area (Å²) >= 11 is 1.92. The summed E-state index contributed by atoms with van der Waals surface area (Å²) in [5, 5.41) is 0. The van der Waals surface area contributed by atoms with Gasteiger partial charge in [-0.3, -0.25) is 0 Å². The lowest BCUT2D eigenvalue weighted by Crippen LogP contribution is -2.54. The first-order valence-electron chi connectivity index (χ1n) is 8.22. The fourth-order valence-electron chi connectivity index (χ4n) is 6.45. The molecule has 0 aromatic carbocycles. The Morgan fingerprint density at radius 3 is 2.35 bits per heavy atom. The maximum atomic E-state index is 6.87. The van der Waals surface area contributed by atoms with Gasteiger partial charge in [-0.1, -0.05) is 6.92 Å². The molecule has 1 heterocycles. The highest BCUT2D eigenvalue weighted by molar-refractivity contribution is 7.12. The Bertz CT molecular complexity index is 530. The van der Waals surface area contributed by atoms with Crippen LogP contribution in [0, 0.1) is 36.5 Å². The molecule has 0 amide bonds. The van der Waals surface area contributed by atoms with E-state index in [1.54, 1.807) is 0 Å². The summed E-state index contributed by atoms with van der Waals surface area (Å²) in [6.07, 6.45) is 8.61. The number of hydrogen-bond donors (Lipinski definition) is 1. The van der Waals surface area contributed by atoms with Crippen molar-refractivity contribution in [3.8, 4) is 0 Å². The van der Waals surface area contributed by atoms with Crippen molar-refractivity contribution < 1.29 is 0 Å². The summed E-state index contributed by atoms with van der Waals surface area (Å²) in [4.78, 5) is 2.87. The van der Waals surface area contributed by atoms with Crippen LogP contribution in [0.5, 0.6) is 0 Å². The van der Waals surface area contributed by atoms with Gasteiger partial charge in [0, 0.05) is 15.8 Å². The van der Waals surface area contributed by atoms with Crippen molar-refractivity contribution in [3.63, 3.8) is 0 Å². The van der Waals surface area contributed by atoms with Crippen LogP contribution in [-0.4, -0.2) is 0 Å². The van der Waals surface area contributed by atoms with E-state index in [0.717, 1.165) is 11.8 Å². The van der Waals surface area contributed by atoms with Crippen LogP contribution in [-0.2, 0) is 0 Å². The van der Waals surface area contributed by atoms with Crippen molar-refractivity contribution in [2.24, 2.45) is 28.4 Å². The maximum absolute atomic E-state index is 6.87. The Morgan fingerprint density at radius 2 is 1.85 bits per heavy atom. The summed E-state index contributed by atoms with van der Waals surface area (Å²) in [7, 11) is 0. The van der Waals surface area contributed by atoms with Crippen molar-refractivity contribution in [3.05, 3.63) is 21.4 Å². The molecule has 3 atom stereocenters. The van der Waals surface area contributed by atoms with Gasteiger partial charge in [0.05, 0.1) is 0 Å². The monoisotopic (exact) mass is 289 g/mol. The van der Waals surface area contributed by atoms with E-state index in [0.29, 0.717) is 10.8 Å². The molecule has 0 spiro atoms. The molecule has 3 unspecified atom stereocenters. The van der Waals surface area contributed by atoms with Crippen LogP contribution < -0.4 is 5.73 Å². The average Bonchev–Trinajstić information content (AvgIpc) is 2.64. The number of hydrogen-bond acceptors (Lipinski definition) is 2. The first-order valence-corrected chi connectivity index (χ1v) is 9.03. The van der Waals surface area contributed by atoms with E-state index in [2.05, 4.69) is 26.8 Å². The molecule has 0 saturated heterocycles. The zero-order valence-electron chi connectivity index (χ0n) is 13.0. The summed E-state index contributed by atoms with van der Waals surface area (Å²) in [6, 6.07) is 2.64. The van der Waals surface area contributed by atoms with Crippen LogP contribution in [0.2, 0.25) is 0 Å². The molecular weight excluding hydrogens is 262 g/mol. The zero-order valence-corrected chi connectivity index (χ0v) is 13.9. The van der Waals surface area contributed by atoms with Gasteiger partial charge in [0.2, 0.25) is 0 Å². The van der Waals surface area contributed by atoms with Gasteiger partial charge in [0.25, 0.3) is 0 Å². The Labute approximate surface area is 127 Å². The van der Waals surface area contributed by atoms with Crippen molar-refractivity contribution >= 4 is 11.3 Å². The molecule has 1 nitrogen and oxygen atoms in total. The van der Waals surface area contributed by atoms with E-state index in [4.69, 9.17) is 5.73 Å². The third-order valence-electron chi connectivity index (χ3n) is 6.47. The lowest BCUT2D eigenvalue weighted by molar-refractivity contribution is -0.113. The summed E-state index contributed by atoms with van der Waals surface area (Å²) in [5.41, 5.74) is 9.34. The predicted molar refractivity (Wildman–Crippen MR) is 85.9 cm³/mol. The van der Waals surface area contributed by atoms with Crippen molar-refractivity contribution in [1.82, 2.24) is 0 Å². The molecule has 1 aromatic heterocycles. The molecule has 110 valence electrons. The molecule has 4 saturated carbocycles. The van der Waals surface area contributed by atoms with Gasteiger partial charge in [0.15, 0.2) is 0 Å². The number of nitrogens with two attached hydrogens (primary N) is 1. The number of thiophene rings is 1. The molecule has 4 aliphatic rings. The molecular formula is C18H27NS. The molecule has 4 fully saturated rings.